The van der Waals surface area contributed by atoms with Gasteiger partial charge in [0.1, 0.15) is 17.5 Å². The van der Waals surface area contributed by atoms with E-state index in [1.807, 2.05) is 20.1 Å². The number of urea groups is 1. The average molecular weight is 453 g/mol. The highest BCUT2D eigenvalue weighted by atomic mass is 32.2. The van der Waals surface area contributed by atoms with Gasteiger partial charge in [-0.2, -0.15) is 0 Å². The van der Waals surface area contributed by atoms with E-state index in [1.165, 1.54) is 17.8 Å². The predicted molar refractivity (Wildman–Crippen MR) is 130 cm³/mol. The summed E-state index contributed by atoms with van der Waals surface area (Å²) in [5.41, 5.74) is 3.34. The number of carbonyl (C=O) groups is 1. The first-order valence-electron chi connectivity index (χ1n) is 9.98. The summed E-state index contributed by atoms with van der Waals surface area (Å²) < 4.78 is 13.8. The number of hydrogen-bond donors (Lipinski definition) is 4. The molecule has 0 aliphatic heterocycles. The Hall–Kier alpha value is -3.46. The number of amides is 2. The molecule has 0 aliphatic carbocycles. The summed E-state index contributed by atoms with van der Waals surface area (Å²) in [7, 11) is 0. The van der Waals surface area contributed by atoms with E-state index >= 15 is 0 Å². The van der Waals surface area contributed by atoms with Crippen LogP contribution in [0.25, 0.3) is 28.6 Å². The Morgan fingerprint density at radius 1 is 1.25 bits per heavy atom. The van der Waals surface area contributed by atoms with Crippen LogP contribution in [0, 0.1) is 18.2 Å². The van der Waals surface area contributed by atoms with Crippen LogP contribution in [0.2, 0.25) is 0 Å². The van der Waals surface area contributed by atoms with Crippen LogP contribution in [0.5, 0.6) is 0 Å². The predicted octanol–water partition coefficient (Wildman–Crippen LogP) is 5.47. The summed E-state index contributed by atoms with van der Waals surface area (Å²) >= 11 is 1.32. The number of aryl methyl sites for hydroxylation is 1. The van der Waals surface area contributed by atoms with Gasteiger partial charge in [-0.25, -0.2) is 19.2 Å². The molecule has 3 aromatic rings. The molecule has 32 heavy (non-hydrogen) atoms. The van der Waals surface area contributed by atoms with Gasteiger partial charge >= 0.3 is 6.03 Å². The van der Waals surface area contributed by atoms with Crippen molar-refractivity contribution >= 4 is 34.7 Å². The second-order valence-electron chi connectivity index (χ2n) is 7.39. The third kappa shape index (κ3) is 5.82. The number of anilines is 1. The minimum atomic E-state index is -0.345. The number of aromatic amines is 1. The molecule has 166 valence electrons. The van der Waals surface area contributed by atoms with Gasteiger partial charge in [0.2, 0.25) is 0 Å². The highest BCUT2D eigenvalue weighted by molar-refractivity contribution is 8.13. The Labute approximate surface area is 190 Å². The molecule has 0 spiro atoms. The van der Waals surface area contributed by atoms with Crippen molar-refractivity contribution < 1.29 is 9.18 Å². The monoisotopic (exact) mass is 452 g/mol. The van der Waals surface area contributed by atoms with Crippen molar-refractivity contribution in [2.75, 3.05) is 11.6 Å². The smallest absolute Gasteiger partial charge is 0.320 e. The number of benzene rings is 1. The van der Waals surface area contributed by atoms with Crippen LogP contribution in [0.4, 0.5) is 15.0 Å². The zero-order valence-corrected chi connectivity index (χ0v) is 19.1. The molecule has 3 rings (SSSR count). The molecule has 0 radical (unpaired) electrons. The van der Waals surface area contributed by atoms with Gasteiger partial charge in [-0.15, -0.1) is 11.8 Å². The lowest BCUT2D eigenvalue weighted by atomic mass is 10.0. The number of rotatable bonds is 6. The fourth-order valence-electron chi connectivity index (χ4n) is 2.97. The normalized spacial score (nSPS) is 11.2. The molecule has 0 fully saturated rings. The van der Waals surface area contributed by atoms with Gasteiger partial charge in [-0.05, 0) is 75.1 Å². The molecule has 0 atom stereocenters. The van der Waals surface area contributed by atoms with E-state index in [0.29, 0.717) is 33.6 Å². The molecule has 0 bridgehead atoms. The van der Waals surface area contributed by atoms with Gasteiger partial charge in [0.05, 0.1) is 16.4 Å². The molecular formula is C23H25FN6OS. The maximum absolute atomic E-state index is 13.8. The third-order valence-corrected chi connectivity index (χ3v) is 5.05. The summed E-state index contributed by atoms with van der Waals surface area (Å²) in [5, 5.41) is 13.7. The lowest BCUT2D eigenvalue weighted by molar-refractivity contribution is 0.250. The van der Waals surface area contributed by atoms with Crippen LogP contribution in [0.1, 0.15) is 25.2 Å². The van der Waals surface area contributed by atoms with E-state index in [0.717, 1.165) is 11.1 Å². The molecule has 7 nitrogen and oxygen atoms in total. The molecule has 9 heteroatoms. The summed E-state index contributed by atoms with van der Waals surface area (Å²) in [6.45, 7) is 5.45. The lowest BCUT2D eigenvalue weighted by Gasteiger charge is -2.10. The van der Waals surface area contributed by atoms with E-state index in [-0.39, 0.29) is 17.9 Å². The number of hydrogen-bond acceptors (Lipinski definition) is 5. The molecule has 0 aliphatic rings. The number of H-pyrrole nitrogens is 1. The number of aromatic nitrogens is 3. The number of imidazole rings is 1. The highest BCUT2D eigenvalue weighted by Crippen LogP contribution is 2.32. The van der Waals surface area contributed by atoms with Crippen molar-refractivity contribution in [3.05, 3.63) is 59.8 Å². The van der Waals surface area contributed by atoms with Crippen LogP contribution in [-0.4, -0.2) is 38.3 Å². The van der Waals surface area contributed by atoms with Crippen molar-refractivity contribution in [2.24, 2.45) is 0 Å². The second kappa shape index (κ2) is 10.2. The third-order valence-electron chi connectivity index (χ3n) is 4.48. The maximum Gasteiger partial charge on any atom is 0.320 e. The van der Waals surface area contributed by atoms with Crippen molar-refractivity contribution in [1.82, 2.24) is 20.3 Å². The SMILES string of the molecule is CSC(=N)/C=C\c1nc(-c2ccc(F)c(C)c2)c(-c2ccnc(NC(=O)NC(C)C)c2)[nH]1. The zero-order chi connectivity index (χ0) is 23.3. The van der Waals surface area contributed by atoms with Gasteiger partial charge in [0.25, 0.3) is 0 Å². The Balaban J connectivity index is 2.04. The Morgan fingerprint density at radius 3 is 2.72 bits per heavy atom. The molecule has 2 aromatic heterocycles. The Bertz CT molecular complexity index is 1170. The molecule has 1 aromatic carbocycles. The van der Waals surface area contributed by atoms with E-state index in [4.69, 9.17) is 5.41 Å². The van der Waals surface area contributed by atoms with Crippen molar-refractivity contribution in [3.8, 4) is 22.5 Å². The average Bonchev–Trinajstić information content (AvgIpc) is 3.18. The number of nitrogens with one attached hydrogen (secondary N) is 4. The minimum absolute atomic E-state index is 0.00605. The quantitative estimate of drug-likeness (QED) is 0.294. The van der Waals surface area contributed by atoms with Gasteiger partial charge in [-0.3, -0.25) is 10.7 Å². The number of carbonyl (C=O) groups excluding carboxylic acids is 1. The summed E-state index contributed by atoms with van der Waals surface area (Å²) in [6, 6.07) is 8.02. The number of halogens is 1. The summed E-state index contributed by atoms with van der Waals surface area (Å²) in [5.74, 6) is 0.656. The fourth-order valence-corrected chi connectivity index (χ4v) is 3.18. The van der Waals surface area contributed by atoms with Gasteiger partial charge in [-0.1, -0.05) is 0 Å². The summed E-state index contributed by atoms with van der Waals surface area (Å²) in [4.78, 5) is 24.2. The molecule has 0 saturated heterocycles. The van der Waals surface area contributed by atoms with Crippen molar-refractivity contribution in [3.63, 3.8) is 0 Å². The van der Waals surface area contributed by atoms with Gasteiger partial charge < -0.3 is 10.3 Å². The van der Waals surface area contributed by atoms with Crippen LogP contribution < -0.4 is 10.6 Å². The number of thioether (sulfide) groups is 1. The van der Waals surface area contributed by atoms with E-state index < -0.39 is 0 Å². The van der Waals surface area contributed by atoms with E-state index in [9.17, 15) is 9.18 Å². The zero-order valence-electron chi connectivity index (χ0n) is 18.3. The van der Waals surface area contributed by atoms with Crippen LogP contribution in [0.15, 0.2) is 42.6 Å². The standard InChI is InChI=1S/C23H25FN6OS/c1-13(2)27-23(31)30-20-12-16(9-10-26-20)22-21(15-5-6-17(24)14(3)11-15)28-19(29-22)8-7-18(25)32-4/h5-13,25H,1-4H3,(H,28,29)(H2,26,27,30,31)/b8-7-,25-18?. The maximum atomic E-state index is 13.8. The first-order valence-corrected chi connectivity index (χ1v) is 11.2. The molecule has 0 unspecified atom stereocenters. The summed E-state index contributed by atoms with van der Waals surface area (Å²) in [6.07, 6.45) is 6.80. The largest absolute Gasteiger partial charge is 0.338 e. The fraction of sp³-hybridized carbons (Fsp3) is 0.217. The molecule has 0 saturated carbocycles. The Kier molecular flexibility index (Phi) is 7.42. The van der Waals surface area contributed by atoms with E-state index in [2.05, 4.69) is 25.6 Å². The van der Waals surface area contributed by atoms with Crippen LogP contribution in [0.3, 0.4) is 0 Å². The first-order chi connectivity index (χ1) is 15.3. The van der Waals surface area contributed by atoms with E-state index in [1.54, 1.807) is 49.5 Å². The van der Waals surface area contributed by atoms with Crippen molar-refractivity contribution in [2.45, 2.75) is 26.8 Å². The molecule has 4 N–H and O–H groups in total. The number of pyridine rings is 1. The molecule has 2 heterocycles. The number of nitrogens with zero attached hydrogens (tertiary/aromatic N) is 2. The highest BCUT2D eigenvalue weighted by Gasteiger charge is 2.16. The second-order valence-corrected chi connectivity index (χ2v) is 8.24. The Morgan fingerprint density at radius 2 is 2.03 bits per heavy atom. The van der Waals surface area contributed by atoms with Gasteiger partial charge in [0, 0.05) is 23.4 Å². The van der Waals surface area contributed by atoms with Crippen LogP contribution >= 0.6 is 11.8 Å². The molecular weight excluding hydrogens is 427 g/mol. The first kappa shape index (κ1) is 23.2. The minimum Gasteiger partial charge on any atom is -0.338 e. The van der Waals surface area contributed by atoms with Crippen molar-refractivity contribution in [1.29, 1.82) is 5.41 Å². The van der Waals surface area contributed by atoms with Gasteiger partial charge in [0.15, 0.2) is 0 Å². The topological polar surface area (TPSA) is 107 Å². The lowest BCUT2D eigenvalue weighted by Crippen LogP contribution is -2.34. The van der Waals surface area contributed by atoms with Crippen LogP contribution in [-0.2, 0) is 0 Å². The molecule has 2 amide bonds.